The van der Waals surface area contributed by atoms with Gasteiger partial charge in [-0.2, -0.15) is 13.2 Å². The number of nitrogen functional groups attached to an aromatic ring is 1. The Morgan fingerprint density at radius 1 is 1.40 bits per heavy atom. The van der Waals surface area contributed by atoms with E-state index in [-0.39, 0.29) is 3.57 Å². The molecule has 1 rings (SSSR count). The van der Waals surface area contributed by atoms with Crippen LogP contribution >= 0.6 is 22.6 Å². The summed E-state index contributed by atoms with van der Waals surface area (Å²) in [5.41, 5.74) is 2.72. The molecule has 0 unspecified atom stereocenters. The number of halogens is 4. The molecule has 0 amide bonds. The van der Waals surface area contributed by atoms with Crippen molar-refractivity contribution in [2.24, 2.45) is 0 Å². The number of nitrogens with two attached hydrogens (primary N) is 1. The van der Waals surface area contributed by atoms with Crippen molar-refractivity contribution >= 4 is 34.2 Å². The van der Waals surface area contributed by atoms with Crippen LogP contribution in [0.15, 0.2) is 12.1 Å². The van der Waals surface area contributed by atoms with Gasteiger partial charge in [-0.15, -0.1) is 0 Å². The topological polar surface area (TPSA) is 63.3 Å². The molecule has 3 nitrogen and oxygen atoms in total. The molecule has 0 heterocycles. The molecule has 0 aliphatic rings. The summed E-state index contributed by atoms with van der Waals surface area (Å²) >= 11 is 1.42. The number of carbonyl (C=O) groups is 1. The largest absolute Gasteiger partial charge is 0.478 e. The molecule has 1 aromatic carbocycles. The average Bonchev–Trinajstić information content (AvgIpc) is 2.05. The Morgan fingerprint density at radius 3 is 2.27 bits per heavy atom. The highest BCUT2D eigenvalue weighted by atomic mass is 127. The monoisotopic (exact) mass is 331 g/mol. The van der Waals surface area contributed by atoms with Crippen molar-refractivity contribution in [2.75, 3.05) is 5.73 Å². The van der Waals surface area contributed by atoms with Gasteiger partial charge in [0.15, 0.2) is 0 Å². The van der Waals surface area contributed by atoms with E-state index in [1.807, 2.05) is 0 Å². The molecule has 3 N–H and O–H groups in total. The Morgan fingerprint density at radius 2 is 1.93 bits per heavy atom. The molecular weight excluding hydrogens is 326 g/mol. The maximum atomic E-state index is 12.5. The maximum Gasteiger partial charge on any atom is 0.418 e. The van der Waals surface area contributed by atoms with E-state index in [1.54, 1.807) is 0 Å². The Bertz CT molecular complexity index is 417. The Balaban J connectivity index is 3.60. The van der Waals surface area contributed by atoms with Crippen LogP contribution in [0.1, 0.15) is 15.9 Å². The number of hydrogen-bond donors (Lipinski definition) is 2. The summed E-state index contributed by atoms with van der Waals surface area (Å²) < 4.78 is 37.4. The second-order valence-corrected chi connectivity index (χ2v) is 3.85. The van der Waals surface area contributed by atoms with E-state index in [4.69, 9.17) is 10.8 Å². The van der Waals surface area contributed by atoms with E-state index in [0.29, 0.717) is 0 Å². The summed E-state index contributed by atoms with van der Waals surface area (Å²) in [6.45, 7) is 0. The predicted molar refractivity (Wildman–Crippen MR) is 55.5 cm³/mol. The number of anilines is 1. The third-order valence-corrected chi connectivity index (χ3v) is 2.58. The Kier molecular flexibility index (Phi) is 3.12. The summed E-state index contributed by atoms with van der Waals surface area (Å²) in [5, 5.41) is 8.65. The van der Waals surface area contributed by atoms with Gasteiger partial charge in [-0.05, 0) is 34.7 Å². The molecule has 0 radical (unpaired) electrons. The van der Waals surface area contributed by atoms with E-state index < -0.39 is 29.0 Å². The van der Waals surface area contributed by atoms with Crippen LogP contribution in [-0.2, 0) is 6.18 Å². The van der Waals surface area contributed by atoms with Crippen molar-refractivity contribution < 1.29 is 23.1 Å². The van der Waals surface area contributed by atoms with Crippen LogP contribution in [0.25, 0.3) is 0 Å². The van der Waals surface area contributed by atoms with Crippen molar-refractivity contribution in [3.63, 3.8) is 0 Å². The summed E-state index contributed by atoms with van der Waals surface area (Å²) in [7, 11) is 0. The van der Waals surface area contributed by atoms with Crippen LogP contribution in [0.3, 0.4) is 0 Å². The molecule has 0 aliphatic carbocycles. The van der Waals surface area contributed by atoms with E-state index in [1.165, 1.54) is 22.6 Å². The van der Waals surface area contributed by atoms with Crippen molar-refractivity contribution in [2.45, 2.75) is 6.18 Å². The van der Waals surface area contributed by atoms with Gasteiger partial charge in [0.05, 0.1) is 11.1 Å². The van der Waals surface area contributed by atoms with Gasteiger partial charge in [-0.25, -0.2) is 4.79 Å². The minimum atomic E-state index is -4.72. The molecule has 0 fully saturated rings. The first-order chi connectivity index (χ1) is 6.75. The summed E-state index contributed by atoms with van der Waals surface area (Å²) in [6.07, 6.45) is -4.72. The second kappa shape index (κ2) is 3.87. The van der Waals surface area contributed by atoms with Gasteiger partial charge in [0.25, 0.3) is 0 Å². The molecule has 0 spiro atoms. The van der Waals surface area contributed by atoms with Crippen LogP contribution < -0.4 is 5.73 Å². The summed E-state index contributed by atoms with van der Waals surface area (Å²) in [6, 6.07) is 2.27. The Hall–Kier alpha value is -0.990. The molecule has 0 atom stereocenters. The smallest absolute Gasteiger partial charge is 0.418 e. The first-order valence-corrected chi connectivity index (χ1v) is 4.71. The van der Waals surface area contributed by atoms with Gasteiger partial charge in [0.2, 0.25) is 0 Å². The van der Waals surface area contributed by atoms with Gasteiger partial charge in [-0.3, -0.25) is 0 Å². The van der Waals surface area contributed by atoms with Crippen molar-refractivity contribution in [3.8, 4) is 0 Å². The van der Waals surface area contributed by atoms with E-state index in [2.05, 4.69) is 0 Å². The number of carboxylic acid groups (broad SMARTS) is 1. The van der Waals surface area contributed by atoms with Crippen molar-refractivity contribution in [1.29, 1.82) is 0 Å². The lowest BCUT2D eigenvalue weighted by atomic mass is 10.1. The third kappa shape index (κ3) is 2.33. The van der Waals surface area contributed by atoms with Gasteiger partial charge in [0.1, 0.15) is 0 Å². The van der Waals surface area contributed by atoms with E-state index in [0.717, 1.165) is 12.1 Å². The van der Waals surface area contributed by atoms with Crippen molar-refractivity contribution in [1.82, 2.24) is 0 Å². The van der Waals surface area contributed by atoms with E-state index in [9.17, 15) is 18.0 Å². The van der Waals surface area contributed by atoms with Crippen LogP contribution in [0, 0.1) is 3.57 Å². The van der Waals surface area contributed by atoms with Crippen LogP contribution in [0.4, 0.5) is 18.9 Å². The highest BCUT2D eigenvalue weighted by Crippen LogP contribution is 2.37. The lowest BCUT2D eigenvalue weighted by Crippen LogP contribution is -2.17. The molecule has 7 heteroatoms. The molecule has 1 aromatic rings. The highest BCUT2D eigenvalue weighted by molar-refractivity contribution is 14.1. The minimum absolute atomic E-state index is 0.188. The summed E-state index contributed by atoms with van der Waals surface area (Å²) in [5.74, 6) is -1.68. The predicted octanol–water partition coefficient (Wildman–Crippen LogP) is 2.59. The normalized spacial score (nSPS) is 11.5. The molecule has 0 saturated heterocycles. The maximum absolute atomic E-state index is 12.5. The molecule has 0 bridgehead atoms. The second-order valence-electron chi connectivity index (χ2n) is 2.69. The first-order valence-electron chi connectivity index (χ1n) is 3.63. The minimum Gasteiger partial charge on any atom is -0.478 e. The highest BCUT2D eigenvalue weighted by Gasteiger charge is 2.38. The lowest BCUT2D eigenvalue weighted by Gasteiger charge is -2.13. The molecule has 15 heavy (non-hydrogen) atoms. The van der Waals surface area contributed by atoms with Gasteiger partial charge in [0, 0.05) is 9.26 Å². The number of benzene rings is 1. The number of rotatable bonds is 1. The van der Waals surface area contributed by atoms with Crippen LogP contribution in [-0.4, -0.2) is 11.1 Å². The quantitative estimate of drug-likeness (QED) is 0.614. The zero-order valence-electron chi connectivity index (χ0n) is 7.10. The molecule has 0 aliphatic heterocycles. The molecule has 0 saturated carbocycles. The lowest BCUT2D eigenvalue weighted by molar-refractivity contribution is -0.138. The third-order valence-electron chi connectivity index (χ3n) is 1.68. The fourth-order valence-corrected chi connectivity index (χ4v) is 1.86. The molecular formula is C8H5F3INO2. The fraction of sp³-hybridized carbons (Fsp3) is 0.125. The van der Waals surface area contributed by atoms with Gasteiger partial charge < -0.3 is 10.8 Å². The number of hydrogen-bond acceptors (Lipinski definition) is 2. The van der Waals surface area contributed by atoms with Gasteiger partial charge >= 0.3 is 12.1 Å². The van der Waals surface area contributed by atoms with Crippen LogP contribution in [0.2, 0.25) is 0 Å². The average molecular weight is 331 g/mol. The van der Waals surface area contributed by atoms with E-state index >= 15 is 0 Å². The number of alkyl halides is 3. The zero-order chi connectivity index (χ0) is 11.8. The molecule has 82 valence electrons. The number of aromatic carboxylic acids is 1. The number of carboxylic acids is 1. The SMILES string of the molecule is Nc1ccc(I)c(C(F)(F)F)c1C(=O)O. The summed E-state index contributed by atoms with van der Waals surface area (Å²) in [4.78, 5) is 10.7. The van der Waals surface area contributed by atoms with Crippen molar-refractivity contribution in [3.05, 3.63) is 26.8 Å². The standard InChI is InChI=1S/C8H5F3INO2/c9-8(10,11)6-3(12)1-2-4(13)5(6)7(14)15/h1-2H,13H2,(H,14,15). The fourth-order valence-electron chi connectivity index (χ4n) is 1.10. The Labute approximate surface area is 96.2 Å². The van der Waals surface area contributed by atoms with Gasteiger partial charge in [-0.1, -0.05) is 0 Å². The van der Waals surface area contributed by atoms with Crippen LogP contribution in [0.5, 0.6) is 0 Å². The zero-order valence-corrected chi connectivity index (χ0v) is 9.26. The first kappa shape index (κ1) is 12.1. The molecule has 0 aromatic heterocycles.